The van der Waals surface area contributed by atoms with E-state index in [9.17, 15) is 9.50 Å². The summed E-state index contributed by atoms with van der Waals surface area (Å²) in [6, 6.07) is 7.61. The van der Waals surface area contributed by atoms with Gasteiger partial charge >= 0.3 is 0 Å². The Bertz CT molecular complexity index is 642. The van der Waals surface area contributed by atoms with Crippen molar-refractivity contribution in [3.63, 3.8) is 0 Å². The first-order valence-corrected chi connectivity index (χ1v) is 6.75. The van der Waals surface area contributed by atoms with Crippen LogP contribution in [0, 0.1) is 12.7 Å². The molecule has 2 rings (SSSR count). The second-order valence-corrected chi connectivity index (χ2v) is 5.34. The van der Waals surface area contributed by atoms with Crippen molar-refractivity contribution in [1.82, 2.24) is 0 Å². The molecule has 0 aromatic heterocycles. The first kappa shape index (κ1) is 15.1. The van der Waals surface area contributed by atoms with Crippen molar-refractivity contribution < 1.29 is 14.2 Å². The molecule has 5 heteroatoms. The van der Waals surface area contributed by atoms with Crippen LogP contribution in [0.1, 0.15) is 24.2 Å². The minimum atomic E-state index is -0.855. The molecule has 2 nitrogen and oxygen atoms in total. The first-order chi connectivity index (χ1) is 9.38. The van der Waals surface area contributed by atoms with E-state index in [1.54, 1.807) is 32.0 Å². The van der Waals surface area contributed by atoms with Gasteiger partial charge in [-0.2, -0.15) is 0 Å². The summed E-state index contributed by atoms with van der Waals surface area (Å²) in [5.41, 5.74) is 0.786. The minimum Gasteiger partial charge on any atom is -0.455 e. The zero-order valence-electron chi connectivity index (χ0n) is 11.0. The summed E-state index contributed by atoms with van der Waals surface area (Å²) in [4.78, 5) is 0. The molecule has 0 saturated carbocycles. The Kier molecular flexibility index (Phi) is 4.53. The van der Waals surface area contributed by atoms with E-state index in [2.05, 4.69) is 0 Å². The molecule has 2 aromatic carbocycles. The van der Waals surface area contributed by atoms with Crippen LogP contribution in [-0.2, 0) is 0 Å². The van der Waals surface area contributed by atoms with E-state index in [0.717, 1.165) is 0 Å². The highest BCUT2D eigenvalue weighted by molar-refractivity contribution is 6.35. The lowest BCUT2D eigenvalue weighted by molar-refractivity contribution is 0.195. The van der Waals surface area contributed by atoms with Gasteiger partial charge < -0.3 is 9.84 Å². The van der Waals surface area contributed by atoms with Gasteiger partial charge in [-0.15, -0.1) is 0 Å². The highest BCUT2D eigenvalue weighted by atomic mass is 35.5. The van der Waals surface area contributed by atoms with E-state index in [4.69, 9.17) is 27.9 Å². The molecule has 0 spiro atoms. The SMILES string of the molecule is Cc1cc(Oc2ccc(Cl)cc2Cl)c(C(C)O)cc1F. The number of hydrogen-bond donors (Lipinski definition) is 1. The minimum absolute atomic E-state index is 0.344. The molecule has 0 aliphatic rings. The van der Waals surface area contributed by atoms with Crippen LogP contribution in [0.2, 0.25) is 10.0 Å². The molecule has 106 valence electrons. The Balaban J connectivity index is 2.44. The van der Waals surface area contributed by atoms with Gasteiger partial charge in [-0.1, -0.05) is 23.2 Å². The van der Waals surface area contributed by atoms with E-state index < -0.39 is 11.9 Å². The third kappa shape index (κ3) is 3.23. The normalized spacial score (nSPS) is 12.3. The van der Waals surface area contributed by atoms with Crippen LogP contribution < -0.4 is 4.74 Å². The molecular weight excluding hydrogens is 302 g/mol. The van der Waals surface area contributed by atoms with Crippen molar-refractivity contribution in [2.24, 2.45) is 0 Å². The fraction of sp³-hybridized carbons (Fsp3) is 0.200. The molecule has 1 atom stereocenters. The second kappa shape index (κ2) is 6.00. The molecule has 0 radical (unpaired) electrons. The first-order valence-electron chi connectivity index (χ1n) is 5.99. The van der Waals surface area contributed by atoms with Gasteiger partial charge in [0.2, 0.25) is 0 Å². The van der Waals surface area contributed by atoms with E-state index >= 15 is 0 Å². The standard InChI is InChI=1S/C15H13Cl2FO2/c1-8-5-15(11(9(2)19)7-13(8)18)20-14-4-3-10(16)6-12(14)17/h3-7,9,19H,1-2H3. The molecule has 2 aromatic rings. The summed E-state index contributed by atoms with van der Waals surface area (Å²) >= 11 is 11.9. The van der Waals surface area contributed by atoms with Crippen LogP contribution in [0.3, 0.4) is 0 Å². The largest absolute Gasteiger partial charge is 0.455 e. The summed E-state index contributed by atoms with van der Waals surface area (Å²) in [6.07, 6.45) is -0.855. The average Bonchev–Trinajstić information content (AvgIpc) is 2.36. The highest BCUT2D eigenvalue weighted by Gasteiger charge is 2.15. The van der Waals surface area contributed by atoms with Crippen LogP contribution >= 0.6 is 23.2 Å². The Morgan fingerprint density at radius 3 is 2.45 bits per heavy atom. The van der Waals surface area contributed by atoms with Gasteiger partial charge in [0.1, 0.15) is 17.3 Å². The molecule has 0 bridgehead atoms. The lowest BCUT2D eigenvalue weighted by atomic mass is 10.1. The quantitative estimate of drug-likeness (QED) is 0.834. The van der Waals surface area contributed by atoms with E-state index in [0.29, 0.717) is 32.7 Å². The number of halogens is 3. The summed E-state index contributed by atoms with van der Waals surface area (Å²) in [5, 5.41) is 10.5. The Morgan fingerprint density at radius 2 is 1.85 bits per heavy atom. The third-order valence-corrected chi connectivity index (χ3v) is 3.39. The number of hydrogen-bond acceptors (Lipinski definition) is 2. The average molecular weight is 315 g/mol. The van der Waals surface area contributed by atoms with Crippen molar-refractivity contribution in [1.29, 1.82) is 0 Å². The molecule has 20 heavy (non-hydrogen) atoms. The molecule has 1 N–H and O–H groups in total. The summed E-state index contributed by atoms with van der Waals surface area (Å²) in [5.74, 6) is 0.363. The lowest BCUT2D eigenvalue weighted by Crippen LogP contribution is -1.99. The van der Waals surface area contributed by atoms with Gasteiger partial charge in [0.05, 0.1) is 11.1 Å². The number of ether oxygens (including phenoxy) is 1. The lowest BCUT2D eigenvalue weighted by Gasteiger charge is -2.15. The number of aryl methyl sites for hydroxylation is 1. The van der Waals surface area contributed by atoms with Gasteiger partial charge in [-0.05, 0) is 49.7 Å². The molecule has 0 aliphatic heterocycles. The topological polar surface area (TPSA) is 29.5 Å². The van der Waals surface area contributed by atoms with Crippen LogP contribution in [-0.4, -0.2) is 5.11 Å². The van der Waals surface area contributed by atoms with Crippen LogP contribution in [0.15, 0.2) is 30.3 Å². The second-order valence-electron chi connectivity index (χ2n) is 4.49. The molecular formula is C15H13Cl2FO2. The smallest absolute Gasteiger partial charge is 0.146 e. The van der Waals surface area contributed by atoms with Crippen LogP contribution in [0.5, 0.6) is 11.5 Å². The van der Waals surface area contributed by atoms with Crippen molar-refractivity contribution in [2.45, 2.75) is 20.0 Å². The van der Waals surface area contributed by atoms with Gasteiger partial charge in [0.15, 0.2) is 0 Å². The fourth-order valence-electron chi connectivity index (χ4n) is 1.76. The van der Waals surface area contributed by atoms with E-state index in [1.807, 2.05) is 0 Å². The molecule has 0 fully saturated rings. The predicted molar refractivity (Wildman–Crippen MR) is 78.3 cm³/mol. The molecule has 0 aliphatic carbocycles. The Morgan fingerprint density at radius 1 is 1.15 bits per heavy atom. The zero-order chi connectivity index (χ0) is 14.9. The van der Waals surface area contributed by atoms with Crippen molar-refractivity contribution in [2.75, 3.05) is 0 Å². The van der Waals surface area contributed by atoms with Crippen LogP contribution in [0.4, 0.5) is 4.39 Å². The highest BCUT2D eigenvalue weighted by Crippen LogP contribution is 2.36. The molecule has 0 saturated heterocycles. The van der Waals surface area contributed by atoms with Gasteiger partial charge in [0, 0.05) is 10.6 Å². The fourth-order valence-corrected chi connectivity index (χ4v) is 2.21. The monoisotopic (exact) mass is 314 g/mol. The number of aliphatic hydroxyl groups excluding tert-OH is 1. The Hall–Kier alpha value is -1.29. The molecule has 0 amide bonds. The predicted octanol–water partition coefficient (Wildman–Crippen LogP) is 5.29. The number of aliphatic hydroxyl groups is 1. The zero-order valence-corrected chi connectivity index (χ0v) is 12.5. The van der Waals surface area contributed by atoms with E-state index in [1.165, 1.54) is 12.1 Å². The van der Waals surface area contributed by atoms with Gasteiger partial charge in [-0.3, -0.25) is 0 Å². The van der Waals surface area contributed by atoms with Crippen molar-refractivity contribution >= 4 is 23.2 Å². The van der Waals surface area contributed by atoms with Crippen molar-refractivity contribution in [3.05, 3.63) is 57.3 Å². The summed E-state index contributed by atoms with van der Waals surface area (Å²) < 4.78 is 19.3. The van der Waals surface area contributed by atoms with Gasteiger partial charge in [0.25, 0.3) is 0 Å². The molecule has 0 heterocycles. The molecule has 1 unspecified atom stereocenters. The summed E-state index contributed by atoms with van der Waals surface area (Å²) in [7, 11) is 0. The number of benzene rings is 2. The number of rotatable bonds is 3. The van der Waals surface area contributed by atoms with Crippen LogP contribution in [0.25, 0.3) is 0 Å². The maximum atomic E-state index is 13.6. The summed E-state index contributed by atoms with van der Waals surface area (Å²) in [6.45, 7) is 3.16. The van der Waals surface area contributed by atoms with E-state index in [-0.39, 0.29) is 0 Å². The van der Waals surface area contributed by atoms with Crippen molar-refractivity contribution in [3.8, 4) is 11.5 Å². The maximum Gasteiger partial charge on any atom is 0.146 e. The van der Waals surface area contributed by atoms with Gasteiger partial charge in [-0.25, -0.2) is 4.39 Å². The Labute approximate surface area is 126 Å². The maximum absolute atomic E-state index is 13.6. The third-order valence-electron chi connectivity index (χ3n) is 2.85.